The standard InChI is InChI=1S/C21H23BN3/c1-14(2)22-24-12-11-23-13-17-9-6-10-18(19(17)21(23)24)25(22)20-15(3)7-5-8-16(20)4/h5-12,14H,13H2,1-4H3/q+1. The quantitative estimate of drug-likeness (QED) is 0.499. The van der Waals surface area contributed by atoms with Gasteiger partial charge in [0.25, 0.3) is 5.82 Å². The van der Waals surface area contributed by atoms with E-state index in [1.165, 1.54) is 39.5 Å². The van der Waals surface area contributed by atoms with Gasteiger partial charge in [0.15, 0.2) is 0 Å². The third kappa shape index (κ3) is 1.85. The Bertz CT molecular complexity index is 982. The predicted octanol–water partition coefficient (Wildman–Crippen LogP) is 4.32. The molecule has 2 aromatic carbocycles. The van der Waals surface area contributed by atoms with Crippen LogP contribution in [0.5, 0.6) is 0 Å². The van der Waals surface area contributed by atoms with Gasteiger partial charge in [-0.2, -0.15) is 0 Å². The van der Waals surface area contributed by atoms with Gasteiger partial charge < -0.3 is 4.81 Å². The van der Waals surface area contributed by atoms with Crippen LogP contribution in [0.25, 0.3) is 11.4 Å². The average Bonchev–Trinajstić information content (AvgIpc) is 3.13. The van der Waals surface area contributed by atoms with Crippen LogP contribution in [0.1, 0.15) is 30.5 Å². The van der Waals surface area contributed by atoms with Crippen LogP contribution in [0.3, 0.4) is 0 Å². The molecule has 25 heavy (non-hydrogen) atoms. The highest BCUT2D eigenvalue weighted by molar-refractivity contribution is 6.59. The molecule has 0 unspecified atom stereocenters. The van der Waals surface area contributed by atoms with E-state index in [1.54, 1.807) is 0 Å². The lowest BCUT2D eigenvalue weighted by Crippen LogP contribution is -2.64. The number of aryl methyl sites for hydroxylation is 2. The minimum atomic E-state index is 0.289. The van der Waals surface area contributed by atoms with Gasteiger partial charge in [0.1, 0.15) is 18.9 Å². The van der Waals surface area contributed by atoms with Gasteiger partial charge >= 0.3 is 6.98 Å². The van der Waals surface area contributed by atoms with Gasteiger partial charge in [-0.15, -0.1) is 0 Å². The van der Waals surface area contributed by atoms with Crippen molar-refractivity contribution in [2.75, 3.05) is 4.81 Å². The van der Waals surface area contributed by atoms with Crippen molar-refractivity contribution in [3.05, 3.63) is 65.5 Å². The summed E-state index contributed by atoms with van der Waals surface area (Å²) in [6, 6.07) is 13.4. The molecule has 0 atom stereocenters. The molecule has 2 aliphatic heterocycles. The molecule has 124 valence electrons. The zero-order chi connectivity index (χ0) is 17.3. The third-order valence-corrected chi connectivity index (χ3v) is 5.70. The minimum Gasteiger partial charge on any atom is -0.342 e. The number of benzene rings is 2. The maximum absolute atomic E-state index is 2.58. The molecule has 0 amide bonds. The molecular formula is C21H23BN3+. The van der Waals surface area contributed by atoms with Gasteiger partial charge in [-0.25, -0.2) is 4.57 Å². The number of aromatic nitrogens is 2. The molecule has 3 heterocycles. The summed E-state index contributed by atoms with van der Waals surface area (Å²) in [5.74, 6) is 1.86. The van der Waals surface area contributed by atoms with Gasteiger partial charge in [-0.05, 0) is 31.0 Å². The molecule has 0 fully saturated rings. The van der Waals surface area contributed by atoms with Crippen LogP contribution in [-0.4, -0.2) is 11.5 Å². The van der Waals surface area contributed by atoms with Gasteiger partial charge in [0.2, 0.25) is 0 Å². The minimum absolute atomic E-state index is 0.289. The SMILES string of the molecule is Cc1cccc(C)c1N1B(C(C)C)[n+]2ccn3c2-c2c(cccc21)C3. The molecule has 0 radical (unpaired) electrons. The number of para-hydroxylation sites is 1. The van der Waals surface area contributed by atoms with Gasteiger partial charge in [0.05, 0.1) is 5.56 Å². The van der Waals surface area contributed by atoms with E-state index in [2.05, 4.69) is 90.3 Å². The van der Waals surface area contributed by atoms with E-state index >= 15 is 0 Å². The van der Waals surface area contributed by atoms with Crippen molar-refractivity contribution in [1.82, 2.24) is 4.57 Å². The predicted molar refractivity (Wildman–Crippen MR) is 103 cm³/mol. The van der Waals surface area contributed by atoms with E-state index in [0.29, 0.717) is 5.82 Å². The largest absolute Gasteiger partial charge is 0.508 e. The summed E-state index contributed by atoms with van der Waals surface area (Å²) in [5, 5.41) is 0. The van der Waals surface area contributed by atoms with E-state index in [4.69, 9.17) is 0 Å². The highest BCUT2D eigenvalue weighted by atomic mass is 15.3. The Labute approximate surface area is 149 Å². The Kier molecular flexibility index (Phi) is 2.97. The molecule has 0 aliphatic carbocycles. The molecule has 1 aromatic heterocycles. The Morgan fingerprint density at radius 1 is 1.04 bits per heavy atom. The van der Waals surface area contributed by atoms with Crippen LogP contribution in [0.15, 0.2) is 48.8 Å². The third-order valence-electron chi connectivity index (χ3n) is 5.70. The fourth-order valence-corrected chi connectivity index (χ4v) is 4.74. The van der Waals surface area contributed by atoms with Gasteiger partial charge in [0, 0.05) is 22.8 Å². The average molecular weight is 328 g/mol. The second-order valence-electron chi connectivity index (χ2n) is 7.74. The number of anilines is 2. The first-order chi connectivity index (χ1) is 12.1. The summed E-state index contributed by atoms with van der Waals surface area (Å²) < 4.78 is 4.88. The topological polar surface area (TPSA) is 12.1 Å². The molecule has 0 saturated heterocycles. The lowest BCUT2D eigenvalue weighted by molar-refractivity contribution is -0.527. The molecule has 0 saturated carbocycles. The molecule has 0 N–H and O–H groups in total. The fourth-order valence-electron chi connectivity index (χ4n) is 4.74. The lowest BCUT2D eigenvalue weighted by Gasteiger charge is -2.36. The van der Waals surface area contributed by atoms with Crippen LogP contribution < -0.4 is 9.29 Å². The molecule has 2 aliphatic rings. The van der Waals surface area contributed by atoms with Crippen molar-refractivity contribution in [2.24, 2.45) is 0 Å². The Morgan fingerprint density at radius 2 is 1.76 bits per heavy atom. The maximum atomic E-state index is 2.58. The highest BCUT2D eigenvalue weighted by Gasteiger charge is 2.49. The van der Waals surface area contributed by atoms with E-state index in [9.17, 15) is 0 Å². The summed E-state index contributed by atoms with van der Waals surface area (Å²) >= 11 is 0. The summed E-state index contributed by atoms with van der Waals surface area (Å²) in [6.45, 7) is 10.4. The van der Waals surface area contributed by atoms with Crippen molar-refractivity contribution < 1.29 is 4.48 Å². The zero-order valence-electron chi connectivity index (χ0n) is 15.3. The van der Waals surface area contributed by atoms with Gasteiger partial charge in [-0.3, -0.25) is 4.48 Å². The normalized spacial score (nSPS) is 14.4. The second kappa shape index (κ2) is 5.01. The van der Waals surface area contributed by atoms with Crippen molar-refractivity contribution in [2.45, 2.75) is 40.1 Å². The summed E-state index contributed by atoms with van der Waals surface area (Å²) in [7, 11) is 0. The van der Waals surface area contributed by atoms with Crippen molar-refractivity contribution in [3.63, 3.8) is 0 Å². The van der Waals surface area contributed by atoms with Crippen molar-refractivity contribution in [1.29, 1.82) is 0 Å². The van der Waals surface area contributed by atoms with E-state index in [0.717, 1.165) is 6.54 Å². The van der Waals surface area contributed by atoms with Crippen LogP contribution in [0.4, 0.5) is 11.4 Å². The highest BCUT2D eigenvalue weighted by Crippen LogP contribution is 2.46. The first-order valence-corrected chi connectivity index (χ1v) is 9.16. The number of nitrogens with zero attached hydrogens (tertiary/aromatic N) is 3. The first-order valence-electron chi connectivity index (χ1n) is 9.16. The smallest absolute Gasteiger partial charge is 0.342 e. The monoisotopic (exact) mass is 328 g/mol. The Hall–Kier alpha value is -2.49. The van der Waals surface area contributed by atoms with E-state index in [1.807, 2.05) is 0 Å². The second-order valence-corrected chi connectivity index (χ2v) is 7.74. The summed E-state index contributed by atoms with van der Waals surface area (Å²) in [6.07, 6.45) is 4.50. The summed E-state index contributed by atoms with van der Waals surface area (Å²) in [4.78, 5) is 2.58. The fraction of sp³-hybridized carbons (Fsp3) is 0.286. The molecular weight excluding hydrogens is 305 g/mol. The number of hydrogen-bond acceptors (Lipinski definition) is 1. The molecule has 5 rings (SSSR count). The molecule has 4 heteroatoms. The van der Waals surface area contributed by atoms with Crippen LogP contribution in [-0.2, 0) is 6.54 Å². The number of hydrogen-bond donors (Lipinski definition) is 0. The molecule has 0 bridgehead atoms. The van der Waals surface area contributed by atoms with E-state index in [-0.39, 0.29) is 6.98 Å². The molecule has 0 spiro atoms. The van der Waals surface area contributed by atoms with Crippen LogP contribution >= 0.6 is 0 Å². The zero-order valence-corrected chi connectivity index (χ0v) is 15.3. The van der Waals surface area contributed by atoms with Crippen molar-refractivity contribution >= 4 is 18.4 Å². The summed E-state index contributed by atoms with van der Waals surface area (Å²) in [5.41, 5.74) is 8.22. The lowest BCUT2D eigenvalue weighted by atomic mass is 9.59. The van der Waals surface area contributed by atoms with Crippen LogP contribution in [0.2, 0.25) is 5.82 Å². The van der Waals surface area contributed by atoms with Crippen molar-refractivity contribution in [3.8, 4) is 11.4 Å². The van der Waals surface area contributed by atoms with Crippen LogP contribution in [0, 0.1) is 13.8 Å². The first kappa shape index (κ1) is 14.8. The number of imidazole rings is 1. The Morgan fingerprint density at radius 3 is 2.48 bits per heavy atom. The van der Waals surface area contributed by atoms with E-state index < -0.39 is 0 Å². The van der Waals surface area contributed by atoms with Gasteiger partial charge in [-0.1, -0.05) is 44.2 Å². The number of rotatable bonds is 2. The Balaban J connectivity index is 1.87. The molecule has 3 nitrogen and oxygen atoms in total. The maximum Gasteiger partial charge on any atom is 0.508 e. The molecule has 3 aromatic rings.